The molecule has 1 aromatic heterocycles. The standard InChI is InChI=1S/C20H23ClN4O2/c1-2-15-5-3-4-6-17(15)23-19(26)14-24-9-11-25(12-10-24)20(27)16-7-8-18(21)22-13-16/h3-8,13H,2,9-12,14H2,1H3,(H,23,26). The van der Waals surface area contributed by atoms with Gasteiger partial charge in [0.15, 0.2) is 0 Å². The van der Waals surface area contributed by atoms with Gasteiger partial charge in [-0.05, 0) is 30.2 Å². The Morgan fingerprint density at radius 2 is 1.85 bits per heavy atom. The van der Waals surface area contributed by atoms with Crippen molar-refractivity contribution >= 4 is 29.1 Å². The SMILES string of the molecule is CCc1ccccc1NC(=O)CN1CCN(C(=O)c2ccc(Cl)nc2)CC1. The molecule has 0 radical (unpaired) electrons. The van der Waals surface area contributed by atoms with Crippen molar-refractivity contribution in [2.45, 2.75) is 13.3 Å². The second-order valence-electron chi connectivity index (χ2n) is 6.50. The predicted octanol–water partition coefficient (Wildman–Crippen LogP) is 2.69. The third-order valence-electron chi connectivity index (χ3n) is 4.67. The number of anilines is 1. The van der Waals surface area contributed by atoms with Gasteiger partial charge in [-0.15, -0.1) is 0 Å². The summed E-state index contributed by atoms with van der Waals surface area (Å²) >= 11 is 5.77. The topological polar surface area (TPSA) is 65.5 Å². The van der Waals surface area contributed by atoms with Gasteiger partial charge in [-0.3, -0.25) is 14.5 Å². The van der Waals surface area contributed by atoms with E-state index in [1.807, 2.05) is 24.3 Å². The number of piperazine rings is 1. The second-order valence-corrected chi connectivity index (χ2v) is 6.88. The fourth-order valence-corrected chi connectivity index (χ4v) is 3.25. The maximum absolute atomic E-state index is 12.5. The van der Waals surface area contributed by atoms with Crippen LogP contribution in [0.1, 0.15) is 22.8 Å². The summed E-state index contributed by atoms with van der Waals surface area (Å²) in [5, 5.41) is 3.36. The molecule has 3 rings (SSSR count). The molecule has 2 aromatic rings. The zero-order valence-corrected chi connectivity index (χ0v) is 16.1. The van der Waals surface area contributed by atoms with Gasteiger partial charge in [-0.2, -0.15) is 0 Å². The molecular weight excluding hydrogens is 364 g/mol. The Bertz CT molecular complexity index is 802. The van der Waals surface area contributed by atoms with Crippen molar-refractivity contribution in [2.24, 2.45) is 0 Å². The molecule has 7 heteroatoms. The first-order valence-corrected chi connectivity index (χ1v) is 9.45. The molecule has 0 bridgehead atoms. The van der Waals surface area contributed by atoms with E-state index in [2.05, 4.69) is 22.1 Å². The molecule has 6 nitrogen and oxygen atoms in total. The molecule has 1 fully saturated rings. The van der Waals surface area contributed by atoms with E-state index in [-0.39, 0.29) is 11.8 Å². The van der Waals surface area contributed by atoms with Crippen molar-refractivity contribution in [1.82, 2.24) is 14.8 Å². The minimum absolute atomic E-state index is 0.0300. The van der Waals surface area contributed by atoms with Crippen LogP contribution in [0.15, 0.2) is 42.6 Å². The van der Waals surface area contributed by atoms with Crippen LogP contribution in [0.4, 0.5) is 5.69 Å². The number of aryl methyl sites for hydroxylation is 1. The summed E-state index contributed by atoms with van der Waals surface area (Å²) in [6, 6.07) is 11.1. The molecule has 0 aliphatic carbocycles. The van der Waals surface area contributed by atoms with Gasteiger partial charge in [-0.1, -0.05) is 36.7 Å². The predicted molar refractivity (Wildman–Crippen MR) is 106 cm³/mol. The summed E-state index contributed by atoms with van der Waals surface area (Å²) < 4.78 is 0. The number of para-hydroxylation sites is 1. The van der Waals surface area contributed by atoms with Gasteiger partial charge < -0.3 is 10.2 Å². The van der Waals surface area contributed by atoms with E-state index in [0.717, 1.165) is 17.7 Å². The third-order valence-corrected chi connectivity index (χ3v) is 4.90. The number of hydrogen-bond acceptors (Lipinski definition) is 4. The fourth-order valence-electron chi connectivity index (χ4n) is 3.14. The van der Waals surface area contributed by atoms with E-state index in [4.69, 9.17) is 11.6 Å². The lowest BCUT2D eigenvalue weighted by molar-refractivity contribution is -0.117. The van der Waals surface area contributed by atoms with Crippen LogP contribution in [0, 0.1) is 0 Å². The zero-order chi connectivity index (χ0) is 19.2. The molecule has 0 unspecified atom stereocenters. The Kier molecular flexibility index (Phi) is 6.42. The van der Waals surface area contributed by atoms with Gasteiger partial charge in [0.2, 0.25) is 5.91 Å². The van der Waals surface area contributed by atoms with Crippen LogP contribution >= 0.6 is 11.6 Å². The highest BCUT2D eigenvalue weighted by Crippen LogP contribution is 2.16. The third kappa shape index (κ3) is 5.05. The van der Waals surface area contributed by atoms with Crippen molar-refractivity contribution in [1.29, 1.82) is 0 Å². The van der Waals surface area contributed by atoms with Crippen LogP contribution in [0.3, 0.4) is 0 Å². The summed E-state index contributed by atoms with van der Waals surface area (Å²) in [6.07, 6.45) is 2.37. The van der Waals surface area contributed by atoms with Crippen molar-refractivity contribution in [3.05, 3.63) is 58.9 Å². The van der Waals surface area contributed by atoms with E-state index < -0.39 is 0 Å². The van der Waals surface area contributed by atoms with Crippen LogP contribution in [0.25, 0.3) is 0 Å². The number of nitrogens with one attached hydrogen (secondary N) is 1. The molecule has 1 N–H and O–H groups in total. The summed E-state index contributed by atoms with van der Waals surface area (Å²) in [7, 11) is 0. The largest absolute Gasteiger partial charge is 0.336 e. The molecule has 0 spiro atoms. The van der Waals surface area contributed by atoms with E-state index in [0.29, 0.717) is 43.4 Å². The lowest BCUT2D eigenvalue weighted by atomic mass is 10.1. The Balaban J connectivity index is 1.49. The molecule has 0 atom stereocenters. The number of carbonyl (C=O) groups is 2. The average Bonchev–Trinajstić information content (AvgIpc) is 2.69. The molecular formula is C20H23ClN4O2. The highest BCUT2D eigenvalue weighted by Gasteiger charge is 2.23. The minimum Gasteiger partial charge on any atom is -0.336 e. The molecule has 1 aliphatic heterocycles. The Morgan fingerprint density at radius 3 is 2.52 bits per heavy atom. The van der Waals surface area contributed by atoms with Crippen LogP contribution in [-0.4, -0.2) is 59.3 Å². The molecule has 27 heavy (non-hydrogen) atoms. The number of hydrogen-bond donors (Lipinski definition) is 1. The fraction of sp³-hybridized carbons (Fsp3) is 0.350. The van der Waals surface area contributed by atoms with Gasteiger partial charge in [-0.25, -0.2) is 4.98 Å². The molecule has 1 saturated heterocycles. The monoisotopic (exact) mass is 386 g/mol. The maximum atomic E-state index is 12.5. The second kappa shape index (κ2) is 8.97. The normalized spacial score (nSPS) is 14.8. The number of aromatic nitrogens is 1. The first-order chi connectivity index (χ1) is 13.1. The van der Waals surface area contributed by atoms with Crippen molar-refractivity contribution in [2.75, 3.05) is 38.0 Å². The van der Waals surface area contributed by atoms with Crippen molar-refractivity contribution in [3.8, 4) is 0 Å². The first-order valence-electron chi connectivity index (χ1n) is 9.07. The van der Waals surface area contributed by atoms with Gasteiger partial charge >= 0.3 is 0 Å². The Morgan fingerprint density at radius 1 is 1.11 bits per heavy atom. The average molecular weight is 387 g/mol. The van der Waals surface area contributed by atoms with Gasteiger partial charge in [0.05, 0.1) is 12.1 Å². The lowest BCUT2D eigenvalue weighted by Crippen LogP contribution is -2.50. The van der Waals surface area contributed by atoms with Crippen LogP contribution in [0.5, 0.6) is 0 Å². The van der Waals surface area contributed by atoms with E-state index in [1.165, 1.54) is 6.20 Å². The number of nitrogens with zero attached hydrogens (tertiary/aromatic N) is 3. The summed E-state index contributed by atoms with van der Waals surface area (Å²) in [6.45, 7) is 4.88. The van der Waals surface area contributed by atoms with Gasteiger partial charge in [0.1, 0.15) is 5.15 Å². The summed E-state index contributed by atoms with van der Waals surface area (Å²) in [5.74, 6) is -0.0854. The van der Waals surface area contributed by atoms with Crippen molar-refractivity contribution < 1.29 is 9.59 Å². The quantitative estimate of drug-likeness (QED) is 0.802. The van der Waals surface area contributed by atoms with Crippen LogP contribution in [-0.2, 0) is 11.2 Å². The Hall–Kier alpha value is -2.44. The molecule has 142 valence electrons. The minimum atomic E-state index is -0.0554. The van der Waals surface area contributed by atoms with Gasteiger partial charge in [0, 0.05) is 38.1 Å². The maximum Gasteiger partial charge on any atom is 0.255 e. The van der Waals surface area contributed by atoms with Gasteiger partial charge in [0.25, 0.3) is 5.91 Å². The van der Waals surface area contributed by atoms with E-state index >= 15 is 0 Å². The first kappa shape index (κ1) is 19.3. The van der Waals surface area contributed by atoms with Crippen molar-refractivity contribution in [3.63, 3.8) is 0 Å². The molecule has 2 heterocycles. The highest BCUT2D eigenvalue weighted by molar-refractivity contribution is 6.29. The smallest absolute Gasteiger partial charge is 0.255 e. The van der Waals surface area contributed by atoms with Crippen LogP contribution in [0.2, 0.25) is 5.15 Å². The highest BCUT2D eigenvalue weighted by atomic mass is 35.5. The number of amides is 2. The zero-order valence-electron chi connectivity index (χ0n) is 15.3. The number of rotatable bonds is 5. The summed E-state index contributed by atoms with van der Waals surface area (Å²) in [5.41, 5.74) is 2.52. The number of pyridine rings is 1. The molecule has 0 saturated carbocycles. The van der Waals surface area contributed by atoms with Crippen LogP contribution < -0.4 is 5.32 Å². The number of halogens is 1. The van der Waals surface area contributed by atoms with E-state index in [9.17, 15) is 9.59 Å². The number of carbonyl (C=O) groups excluding carboxylic acids is 2. The summed E-state index contributed by atoms with van der Waals surface area (Å²) in [4.78, 5) is 32.7. The molecule has 1 aliphatic rings. The number of benzene rings is 1. The molecule has 2 amide bonds. The molecule has 1 aromatic carbocycles. The Labute approximate surface area is 164 Å². The lowest BCUT2D eigenvalue weighted by Gasteiger charge is -2.34. The van der Waals surface area contributed by atoms with E-state index in [1.54, 1.807) is 17.0 Å².